The van der Waals surface area contributed by atoms with Crippen molar-refractivity contribution < 1.29 is 19.1 Å². The van der Waals surface area contributed by atoms with Gasteiger partial charge in [-0.15, -0.1) is 0 Å². The number of methoxy groups -OCH3 is 2. The van der Waals surface area contributed by atoms with Crippen molar-refractivity contribution in [3.8, 4) is 0 Å². The lowest BCUT2D eigenvalue weighted by molar-refractivity contribution is -0.149. The number of nitrogens with zero attached hydrogens (tertiary/aromatic N) is 1. The second-order valence-corrected chi connectivity index (χ2v) is 3.99. The maximum atomic E-state index is 11.9. The molecule has 1 atom stereocenters. The summed E-state index contributed by atoms with van der Waals surface area (Å²) < 4.78 is 9.59. The molecule has 1 unspecified atom stereocenters. The lowest BCUT2D eigenvalue weighted by atomic mass is 10.2. The molecule has 0 saturated carbocycles. The van der Waals surface area contributed by atoms with Crippen LogP contribution in [0.5, 0.6) is 0 Å². The van der Waals surface area contributed by atoms with E-state index in [2.05, 4.69) is 4.74 Å². The van der Waals surface area contributed by atoms with E-state index in [4.69, 9.17) is 10.5 Å². The zero-order chi connectivity index (χ0) is 13.4. The Morgan fingerprint density at radius 3 is 2.24 bits per heavy atom. The number of hydrogen-bond acceptors (Lipinski definition) is 5. The highest BCUT2D eigenvalue weighted by Gasteiger charge is 2.22. The Balaban J connectivity index is 4.49. The first kappa shape index (κ1) is 15.9. The third-order valence-electron chi connectivity index (χ3n) is 2.47. The van der Waals surface area contributed by atoms with Crippen LogP contribution < -0.4 is 5.73 Å². The van der Waals surface area contributed by atoms with Gasteiger partial charge >= 0.3 is 5.97 Å². The van der Waals surface area contributed by atoms with Crippen LogP contribution in [0.4, 0.5) is 0 Å². The smallest absolute Gasteiger partial charge is 0.325 e. The van der Waals surface area contributed by atoms with E-state index in [9.17, 15) is 9.59 Å². The van der Waals surface area contributed by atoms with Crippen LogP contribution in [0.3, 0.4) is 0 Å². The molecule has 0 aromatic carbocycles. The third kappa shape index (κ3) is 5.65. The zero-order valence-electron chi connectivity index (χ0n) is 10.9. The Morgan fingerprint density at radius 2 is 1.88 bits per heavy atom. The molecule has 0 aliphatic rings. The molecule has 6 nitrogen and oxygen atoms in total. The molecule has 0 radical (unpaired) electrons. The van der Waals surface area contributed by atoms with E-state index in [1.807, 2.05) is 13.8 Å². The maximum Gasteiger partial charge on any atom is 0.325 e. The van der Waals surface area contributed by atoms with Crippen molar-refractivity contribution in [1.29, 1.82) is 0 Å². The predicted molar refractivity (Wildman–Crippen MR) is 63.3 cm³/mol. The standard InChI is InChI=1S/C11H22N2O4/c1-8(2)13(7-11(15)17-4)10(14)5-9(6-12)16-3/h8-9H,5-7,12H2,1-4H3. The van der Waals surface area contributed by atoms with E-state index in [1.54, 1.807) is 0 Å². The summed E-state index contributed by atoms with van der Waals surface area (Å²) in [6.07, 6.45) is -0.149. The number of esters is 1. The van der Waals surface area contributed by atoms with Gasteiger partial charge in [-0.3, -0.25) is 9.59 Å². The molecule has 0 rings (SSSR count). The van der Waals surface area contributed by atoms with Crippen LogP contribution in [0.25, 0.3) is 0 Å². The lowest BCUT2D eigenvalue weighted by Gasteiger charge is -2.27. The van der Waals surface area contributed by atoms with E-state index in [-0.39, 0.29) is 37.6 Å². The van der Waals surface area contributed by atoms with Gasteiger partial charge in [-0.1, -0.05) is 0 Å². The van der Waals surface area contributed by atoms with E-state index >= 15 is 0 Å². The summed E-state index contributed by atoms with van der Waals surface area (Å²) in [4.78, 5) is 24.6. The Bertz CT molecular complexity index is 252. The zero-order valence-corrected chi connectivity index (χ0v) is 10.9. The first-order chi connectivity index (χ1) is 7.96. The summed E-state index contributed by atoms with van der Waals surface area (Å²) in [7, 11) is 2.80. The molecule has 0 bridgehead atoms. The highest BCUT2D eigenvalue weighted by atomic mass is 16.5. The fourth-order valence-electron chi connectivity index (χ4n) is 1.34. The molecule has 100 valence electrons. The van der Waals surface area contributed by atoms with Crippen molar-refractivity contribution in [2.24, 2.45) is 5.73 Å². The largest absolute Gasteiger partial charge is 0.468 e. The van der Waals surface area contributed by atoms with Gasteiger partial charge in [-0.05, 0) is 13.8 Å². The maximum absolute atomic E-state index is 11.9. The van der Waals surface area contributed by atoms with Gasteiger partial charge in [-0.25, -0.2) is 0 Å². The molecule has 0 aromatic heterocycles. The molecular formula is C11H22N2O4. The monoisotopic (exact) mass is 246 g/mol. The van der Waals surface area contributed by atoms with Crippen molar-refractivity contribution in [2.45, 2.75) is 32.4 Å². The van der Waals surface area contributed by atoms with Crippen LogP contribution in [0.15, 0.2) is 0 Å². The molecule has 6 heteroatoms. The van der Waals surface area contributed by atoms with Crippen LogP contribution in [-0.4, -0.2) is 56.2 Å². The van der Waals surface area contributed by atoms with Crippen LogP contribution in [-0.2, 0) is 19.1 Å². The first-order valence-electron chi connectivity index (χ1n) is 5.55. The van der Waals surface area contributed by atoms with Gasteiger partial charge in [0, 0.05) is 19.7 Å². The van der Waals surface area contributed by atoms with Crippen molar-refractivity contribution >= 4 is 11.9 Å². The fraction of sp³-hybridized carbons (Fsp3) is 0.818. The molecule has 17 heavy (non-hydrogen) atoms. The molecule has 1 amide bonds. The molecule has 0 heterocycles. The molecule has 0 spiro atoms. The molecule has 0 aliphatic carbocycles. The summed E-state index contributed by atoms with van der Waals surface area (Å²) >= 11 is 0. The number of hydrogen-bond donors (Lipinski definition) is 1. The van der Waals surface area contributed by atoms with Crippen molar-refractivity contribution in [1.82, 2.24) is 4.90 Å². The minimum absolute atomic E-state index is 0.0476. The van der Waals surface area contributed by atoms with Gasteiger partial charge in [0.1, 0.15) is 6.54 Å². The summed E-state index contributed by atoms with van der Waals surface area (Å²) in [5.74, 6) is -0.600. The van der Waals surface area contributed by atoms with Crippen LogP contribution >= 0.6 is 0 Å². The molecule has 0 saturated heterocycles. The molecule has 0 aromatic rings. The number of ether oxygens (including phenoxy) is 2. The number of carbonyl (C=O) groups is 2. The molecule has 0 aliphatic heterocycles. The molecule has 2 N–H and O–H groups in total. The van der Waals surface area contributed by atoms with Gasteiger partial charge in [-0.2, -0.15) is 0 Å². The van der Waals surface area contributed by atoms with Gasteiger partial charge in [0.05, 0.1) is 19.6 Å². The number of rotatable bonds is 7. The highest BCUT2D eigenvalue weighted by Crippen LogP contribution is 2.06. The summed E-state index contributed by atoms with van der Waals surface area (Å²) in [6, 6.07) is -0.0723. The molecule has 0 fully saturated rings. The first-order valence-corrected chi connectivity index (χ1v) is 5.55. The predicted octanol–water partition coefficient (Wildman–Crippen LogP) is -0.240. The normalized spacial score (nSPS) is 12.4. The van der Waals surface area contributed by atoms with E-state index in [1.165, 1.54) is 19.1 Å². The summed E-state index contributed by atoms with van der Waals surface area (Å²) in [5.41, 5.74) is 5.45. The molecular weight excluding hydrogens is 224 g/mol. The number of nitrogens with two attached hydrogens (primary N) is 1. The van der Waals surface area contributed by atoms with Gasteiger partial charge < -0.3 is 20.1 Å². The van der Waals surface area contributed by atoms with Crippen LogP contribution in [0, 0.1) is 0 Å². The third-order valence-corrected chi connectivity index (χ3v) is 2.47. The second kappa shape index (κ2) is 8.03. The summed E-state index contributed by atoms with van der Waals surface area (Å²) in [5, 5.41) is 0. The Hall–Kier alpha value is -1.14. The van der Waals surface area contributed by atoms with Gasteiger partial charge in [0.15, 0.2) is 0 Å². The van der Waals surface area contributed by atoms with E-state index in [0.29, 0.717) is 0 Å². The minimum Gasteiger partial charge on any atom is -0.468 e. The lowest BCUT2D eigenvalue weighted by Crippen LogP contribution is -2.43. The van der Waals surface area contributed by atoms with Crippen molar-refractivity contribution in [2.75, 3.05) is 27.3 Å². The van der Waals surface area contributed by atoms with Crippen LogP contribution in [0.2, 0.25) is 0 Å². The second-order valence-electron chi connectivity index (χ2n) is 3.99. The van der Waals surface area contributed by atoms with Gasteiger partial charge in [0.25, 0.3) is 0 Å². The van der Waals surface area contributed by atoms with E-state index in [0.717, 1.165) is 0 Å². The number of amides is 1. The number of carbonyl (C=O) groups excluding carboxylic acids is 2. The average Bonchev–Trinajstić information content (AvgIpc) is 2.31. The Kier molecular flexibility index (Phi) is 7.49. The Morgan fingerprint density at radius 1 is 1.29 bits per heavy atom. The van der Waals surface area contributed by atoms with Gasteiger partial charge in [0.2, 0.25) is 5.91 Å². The summed E-state index contributed by atoms with van der Waals surface area (Å²) in [6.45, 7) is 3.90. The topological polar surface area (TPSA) is 81.9 Å². The van der Waals surface area contributed by atoms with Crippen molar-refractivity contribution in [3.05, 3.63) is 0 Å². The minimum atomic E-state index is -0.436. The van der Waals surface area contributed by atoms with Crippen molar-refractivity contribution in [3.63, 3.8) is 0 Å². The highest BCUT2D eigenvalue weighted by molar-refractivity contribution is 5.82. The quantitative estimate of drug-likeness (QED) is 0.627. The van der Waals surface area contributed by atoms with E-state index < -0.39 is 5.97 Å². The average molecular weight is 246 g/mol. The SMILES string of the molecule is COC(=O)CN(C(=O)CC(CN)OC)C(C)C. The fourth-order valence-corrected chi connectivity index (χ4v) is 1.34. The Labute approximate surface area is 102 Å². The van der Waals surface area contributed by atoms with Crippen LogP contribution in [0.1, 0.15) is 20.3 Å².